The van der Waals surface area contributed by atoms with Crippen LogP contribution < -0.4 is 32.8 Å². The average molecular weight is 409 g/mol. The van der Waals surface area contributed by atoms with Crippen molar-refractivity contribution in [1.82, 2.24) is 20.4 Å². The van der Waals surface area contributed by atoms with Crippen LogP contribution in [0.2, 0.25) is 0 Å². The van der Waals surface area contributed by atoms with Crippen LogP contribution >= 0.6 is 0 Å². The monoisotopic (exact) mass is 408 g/mol. The van der Waals surface area contributed by atoms with Crippen LogP contribution in [-0.2, 0) is 19.2 Å². The molecule has 0 saturated carbocycles. The van der Waals surface area contributed by atoms with E-state index in [0.717, 1.165) is 11.0 Å². The third-order valence-electron chi connectivity index (χ3n) is 4.27. The summed E-state index contributed by atoms with van der Waals surface area (Å²) < 4.78 is 2.36. The van der Waals surface area contributed by atoms with Crippen LogP contribution in [-0.4, -0.2) is 20.4 Å². The van der Waals surface area contributed by atoms with E-state index in [2.05, 4.69) is 72.4 Å². The molecule has 0 unspecified atom stereocenters. The molecule has 0 atom stereocenters. The maximum Gasteiger partial charge on any atom is -1.00 e. The molecule has 0 fully saturated rings. The molecule has 25 heavy (non-hydrogen) atoms. The number of aromatic amines is 2. The van der Waals surface area contributed by atoms with E-state index in [9.17, 15) is 0 Å². The third-order valence-corrected chi connectivity index (χ3v) is 6.20. The van der Waals surface area contributed by atoms with E-state index in [1.165, 1.54) is 41.0 Å². The van der Waals surface area contributed by atoms with Crippen molar-refractivity contribution in [2.45, 2.75) is 27.7 Å². The van der Waals surface area contributed by atoms with Crippen LogP contribution in [0.1, 0.15) is 22.3 Å². The van der Waals surface area contributed by atoms with E-state index in [4.69, 9.17) is 0 Å². The Morgan fingerprint density at radius 1 is 0.680 bits per heavy atom. The summed E-state index contributed by atoms with van der Waals surface area (Å²) in [5.41, 5.74) is 7.38. The van der Waals surface area contributed by atoms with Crippen molar-refractivity contribution in [2.24, 2.45) is 0 Å². The van der Waals surface area contributed by atoms with Crippen molar-refractivity contribution in [3.05, 3.63) is 46.5 Å². The Kier molecular flexibility index (Phi) is 6.00. The largest absolute Gasteiger partial charge is 1.00 e. The number of hydrogen-bond donors (Lipinski definition) is 2. The Labute approximate surface area is 167 Å². The predicted molar refractivity (Wildman–Crippen MR) is 90.4 cm³/mol. The zero-order chi connectivity index (χ0) is 16.1. The van der Waals surface area contributed by atoms with Gasteiger partial charge in [-0.15, -0.1) is 0 Å². The minimum atomic E-state index is -0.595. The van der Waals surface area contributed by atoms with Gasteiger partial charge in [0.1, 0.15) is 0 Å². The summed E-state index contributed by atoms with van der Waals surface area (Å²) in [6, 6.07) is 8.86. The van der Waals surface area contributed by atoms with E-state index in [-0.39, 0.29) is 24.8 Å². The normalized spacial score (nSPS) is 10.4. The minimum absolute atomic E-state index is 0. The first-order valence-electron chi connectivity index (χ1n) is 7.70. The molecule has 0 aliphatic carbocycles. The van der Waals surface area contributed by atoms with Gasteiger partial charge in [0.05, 0.1) is 0 Å². The summed E-state index contributed by atoms with van der Waals surface area (Å²) in [5, 5.41) is 18.1. The smallest absolute Gasteiger partial charge is 1.00 e. The van der Waals surface area contributed by atoms with Crippen LogP contribution in [0.15, 0.2) is 24.3 Å². The summed E-state index contributed by atoms with van der Waals surface area (Å²) in [4.78, 5) is 0. The number of fused-ring (bicyclic) bond motifs is 2. The summed E-state index contributed by atoms with van der Waals surface area (Å²) >= 11 is -0.595. The van der Waals surface area contributed by atoms with Crippen molar-refractivity contribution in [1.29, 1.82) is 0 Å². The van der Waals surface area contributed by atoms with Gasteiger partial charge in [-0.2, -0.15) is 0 Å². The Hall–Kier alpha value is -1.33. The zero-order valence-corrected chi connectivity index (χ0v) is 17.5. The average Bonchev–Trinajstić information content (AvgIpc) is 3.05. The molecule has 2 heterocycles. The first kappa shape index (κ1) is 20.0. The molecule has 128 valence electrons. The number of benzene rings is 2. The summed E-state index contributed by atoms with van der Waals surface area (Å²) in [6.45, 7) is 8.54. The van der Waals surface area contributed by atoms with Gasteiger partial charge in [0.25, 0.3) is 0 Å². The minimum Gasteiger partial charge on any atom is -1.00 e. The Morgan fingerprint density at radius 3 is 1.48 bits per heavy atom. The number of rotatable bonds is 2. The Morgan fingerprint density at radius 2 is 1.08 bits per heavy atom. The topological polar surface area (TPSA) is 57.4 Å². The van der Waals surface area contributed by atoms with Gasteiger partial charge < -0.3 is 24.8 Å². The molecule has 2 aromatic heterocycles. The van der Waals surface area contributed by atoms with Crippen molar-refractivity contribution >= 4 is 29.8 Å². The molecule has 2 N–H and O–H groups in total. The fourth-order valence-corrected chi connectivity index (χ4v) is 4.99. The second-order valence-corrected chi connectivity index (χ2v) is 8.15. The number of nitrogens with one attached hydrogen (secondary N) is 2. The van der Waals surface area contributed by atoms with Crippen LogP contribution in [0.3, 0.4) is 0 Å². The van der Waals surface area contributed by atoms with Crippen LogP contribution in [0.5, 0.6) is 0 Å². The molecule has 0 radical (unpaired) electrons. The molecule has 4 nitrogen and oxygen atoms in total. The van der Waals surface area contributed by atoms with Crippen molar-refractivity contribution in [2.75, 3.05) is 0 Å². The number of nitrogens with zero attached hydrogens (tertiary/aromatic N) is 2. The van der Waals surface area contributed by atoms with E-state index in [1.807, 2.05) is 0 Å². The molecule has 0 amide bonds. The molecule has 4 aromatic rings. The maximum absolute atomic E-state index is 4.60. The van der Waals surface area contributed by atoms with Crippen LogP contribution in [0.4, 0.5) is 0 Å². The van der Waals surface area contributed by atoms with Gasteiger partial charge in [-0.25, -0.2) is 0 Å². The quantitative estimate of drug-likeness (QED) is 0.342. The Balaban J connectivity index is 0.00000113. The standard InChI is InChI=1S/2C9H9N2.2ClH.Ti/c2*1-6-3-7(2)9-8(4-6)5-10-11-9;;;/h2*3-4H,1-2H3,(H,10,11);2*1H;/q;;;;+2/p-2. The van der Waals surface area contributed by atoms with E-state index in [0.29, 0.717) is 0 Å². The number of aromatic nitrogens is 4. The molecule has 2 aromatic carbocycles. The number of H-pyrrole nitrogens is 2. The van der Waals surface area contributed by atoms with Crippen molar-refractivity contribution in [3.63, 3.8) is 0 Å². The Bertz CT molecular complexity index is 968. The zero-order valence-electron chi connectivity index (χ0n) is 14.5. The fourth-order valence-electron chi connectivity index (χ4n) is 3.25. The SMILES string of the molecule is Cc1cc(C)c2[nH]n[c]([Ti+2][c]3n[nH]c4c(C)cc(C)cc34)c2c1.[Cl-].[Cl-]. The number of hydrogen-bond acceptors (Lipinski definition) is 2. The van der Waals surface area contributed by atoms with Crippen LogP contribution in [0.25, 0.3) is 21.8 Å². The molecule has 4 rings (SSSR count). The van der Waals surface area contributed by atoms with E-state index >= 15 is 0 Å². The van der Waals surface area contributed by atoms with E-state index < -0.39 is 19.2 Å². The van der Waals surface area contributed by atoms with Gasteiger partial charge in [-0.1, -0.05) is 0 Å². The van der Waals surface area contributed by atoms with Crippen LogP contribution in [0, 0.1) is 27.7 Å². The predicted octanol–water partition coefficient (Wildman–Crippen LogP) is -3.29. The number of halogens is 2. The molecule has 0 spiro atoms. The third kappa shape index (κ3) is 3.49. The van der Waals surface area contributed by atoms with Crippen molar-refractivity contribution < 1.29 is 44.0 Å². The van der Waals surface area contributed by atoms with Gasteiger partial charge >= 0.3 is 144 Å². The molecule has 0 bridgehead atoms. The van der Waals surface area contributed by atoms with Crippen molar-refractivity contribution in [3.8, 4) is 0 Å². The fraction of sp³-hybridized carbons (Fsp3) is 0.222. The summed E-state index contributed by atoms with van der Waals surface area (Å²) in [6.07, 6.45) is 0. The van der Waals surface area contributed by atoms with Gasteiger partial charge in [0, 0.05) is 0 Å². The van der Waals surface area contributed by atoms with Gasteiger partial charge in [0.2, 0.25) is 0 Å². The maximum atomic E-state index is 4.60. The molecular weight excluding hydrogens is 391 g/mol. The van der Waals surface area contributed by atoms with Gasteiger partial charge in [0.15, 0.2) is 0 Å². The second kappa shape index (κ2) is 7.50. The van der Waals surface area contributed by atoms with Gasteiger partial charge in [-0.3, -0.25) is 0 Å². The molecule has 0 aliphatic heterocycles. The summed E-state index contributed by atoms with van der Waals surface area (Å²) in [5.74, 6) is 0. The van der Waals surface area contributed by atoms with Gasteiger partial charge in [-0.05, 0) is 0 Å². The second-order valence-electron chi connectivity index (χ2n) is 6.28. The molecule has 0 saturated heterocycles. The molecule has 0 aliphatic rings. The summed E-state index contributed by atoms with van der Waals surface area (Å²) in [7, 11) is 0. The molecular formula is C18H18Cl2N4Ti. The van der Waals surface area contributed by atoms with E-state index in [1.54, 1.807) is 0 Å². The first-order chi connectivity index (χ1) is 11.0. The molecule has 7 heteroatoms. The first-order valence-corrected chi connectivity index (χ1v) is 9.27. The number of aryl methyl sites for hydroxylation is 4.